The minimum Gasteiger partial charge on any atom is -0.497 e. The van der Waals surface area contributed by atoms with Gasteiger partial charge in [-0.15, -0.1) is 0 Å². The number of carbonyl (C=O) groups excluding carboxylic acids is 2. The van der Waals surface area contributed by atoms with E-state index in [4.69, 9.17) is 18.6 Å². The summed E-state index contributed by atoms with van der Waals surface area (Å²) in [5.74, 6) is -0.0668. The second-order valence-electron chi connectivity index (χ2n) is 9.60. The number of aryl methyl sites for hydroxylation is 2. The average molecular weight is 533 g/mol. The van der Waals surface area contributed by atoms with E-state index >= 15 is 0 Å². The molecular formula is C32H36O7. The summed E-state index contributed by atoms with van der Waals surface area (Å²) in [7, 11) is 1.59. The Morgan fingerprint density at radius 2 is 1.41 bits per heavy atom. The average Bonchev–Trinajstić information content (AvgIpc) is 2.92. The van der Waals surface area contributed by atoms with Crippen LogP contribution in [0.25, 0.3) is 22.1 Å². The predicted octanol–water partition coefficient (Wildman–Crippen LogP) is 6.35. The molecule has 0 aliphatic rings. The third kappa shape index (κ3) is 8.43. The molecule has 0 aliphatic heterocycles. The molecule has 3 rings (SSSR count). The molecule has 206 valence electrons. The molecular weight excluding hydrogens is 496 g/mol. The Morgan fingerprint density at radius 1 is 0.821 bits per heavy atom. The van der Waals surface area contributed by atoms with E-state index in [0.717, 1.165) is 47.8 Å². The SMILES string of the molecule is C=C(C)C(=O)OCCCCc1cc(CCCCOC(=O)C(=C)C)c2oc(=O)c(-c3ccc(OC)cc3)cc2c1. The van der Waals surface area contributed by atoms with Gasteiger partial charge in [-0.25, -0.2) is 14.4 Å². The number of fused-ring (bicyclic) bond motifs is 1. The molecule has 0 radical (unpaired) electrons. The number of hydrogen-bond donors (Lipinski definition) is 0. The van der Waals surface area contributed by atoms with E-state index in [1.165, 1.54) is 0 Å². The van der Waals surface area contributed by atoms with E-state index < -0.39 is 11.6 Å². The van der Waals surface area contributed by atoms with Gasteiger partial charge < -0.3 is 18.6 Å². The van der Waals surface area contributed by atoms with Gasteiger partial charge in [-0.1, -0.05) is 31.4 Å². The number of esters is 2. The fourth-order valence-electron chi connectivity index (χ4n) is 4.10. The van der Waals surface area contributed by atoms with Gasteiger partial charge in [0.1, 0.15) is 11.3 Å². The van der Waals surface area contributed by atoms with Crippen molar-refractivity contribution in [3.8, 4) is 16.9 Å². The lowest BCUT2D eigenvalue weighted by atomic mass is 9.97. The Labute approximate surface area is 229 Å². The van der Waals surface area contributed by atoms with Crippen molar-refractivity contribution in [1.29, 1.82) is 0 Å². The molecule has 0 saturated heterocycles. The molecule has 1 aromatic heterocycles. The number of rotatable bonds is 14. The number of carbonyl (C=O) groups is 2. The minimum absolute atomic E-state index is 0.303. The normalized spacial score (nSPS) is 10.7. The van der Waals surface area contributed by atoms with Crippen LogP contribution in [0.4, 0.5) is 0 Å². The first-order valence-corrected chi connectivity index (χ1v) is 13.1. The van der Waals surface area contributed by atoms with E-state index in [2.05, 4.69) is 19.2 Å². The maximum absolute atomic E-state index is 13.0. The van der Waals surface area contributed by atoms with Crippen LogP contribution in [0.3, 0.4) is 0 Å². The maximum Gasteiger partial charge on any atom is 0.344 e. The fourth-order valence-corrected chi connectivity index (χ4v) is 4.10. The molecule has 7 heteroatoms. The van der Waals surface area contributed by atoms with Crippen LogP contribution < -0.4 is 10.4 Å². The van der Waals surface area contributed by atoms with Crippen LogP contribution in [-0.2, 0) is 31.9 Å². The number of ether oxygens (including phenoxy) is 3. The summed E-state index contributed by atoms with van der Waals surface area (Å²) < 4.78 is 21.5. The fraction of sp³-hybridized carbons (Fsp3) is 0.344. The van der Waals surface area contributed by atoms with Crippen LogP contribution in [0.5, 0.6) is 5.75 Å². The molecule has 0 saturated carbocycles. The Kier molecular flexibility index (Phi) is 10.7. The highest BCUT2D eigenvalue weighted by Gasteiger charge is 2.13. The van der Waals surface area contributed by atoms with Crippen molar-refractivity contribution in [1.82, 2.24) is 0 Å². The zero-order chi connectivity index (χ0) is 28.4. The van der Waals surface area contributed by atoms with Crippen LogP contribution in [-0.4, -0.2) is 32.3 Å². The maximum atomic E-state index is 13.0. The van der Waals surface area contributed by atoms with Crippen molar-refractivity contribution in [3.05, 3.63) is 88.3 Å². The van der Waals surface area contributed by atoms with Crippen LogP contribution in [0.15, 0.2) is 76.0 Å². The van der Waals surface area contributed by atoms with E-state index in [0.29, 0.717) is 54.1 Å². The third-order valence-corrected chi connectivity index (χ3v) is 6.23. The summed E-state index contributed by atoms with van der Waals surface area (Å²) in [4.78, 5) is 36.2. The zero-order valence-corrected chi connectivity index (χ0v) is 23.0. The van der Waals surface area contributed by atoms with Gasteiger partial charge in [0.2, 0.25) is 0 Å². The van der Waals surface area contributed by atoms with Gasteiger partial charge in [-0.05, 0) is 93.3 Å². The summed E-state index contributed by atoms with van der Waals surface area (Å²) in [6.45, 7) is 11.1. The molecule has 0 fully saturated rings. The van der Waals surface area contributed by atoms with Crippen molar-refractivity contribution >= 4 is 22.9 Å². The molecule has 39 heavy (non-hydrogen) atoms. The molecule has 0 amide bonds. The van der Waals surface area contributed by atoms with Crippen molar-refractivity contribution in [2.75, 3.05) is 20.3 Å². The van der Waals surface area contributed by atoms with Crippen LogP contribution in [0, 0.1) is 0 Å². The Balaban J connectivity index is 1.81. The first-order chi connectivity index (χ1) is 18.7. The summed E-state index contributed by atoms with van der Waals surface area (Å²) in [6, 6.07) is 13.3. The first kappa shape index (κ1) is 29.4. The van der Waals surface area contributed by atoms with Gasteiger partial charge in [-0.3, -0.25) is 0 Å². The molecule has 0 N–H and O–H groups in total. The highest BCUT2D eigenvalue weighted by Crippen LogP contribution is 2.28. The summed E-state index contributed by atoms with van der Waals surface area (Å²) in [5.41, 5.74) is 4.18. The van der Waals surface area contributed by atoms with E-state index in [1.807, 2.05) is 36.4 Å². The lowest BCUT2D eigenvalue weighted by Gasteiger charge is -2.12. The second-order valence-corrected chi connectivity index (χ2v) is 9.60. The summed E-state index contributed by atoms with van der Waals surface area (Å²) in [5, 5.41) is 0.843. The zero-order valence-electron chi connectivity index (χ0n) is 23.0. The molecule has 3 aromatic rings. The quantitative estimate of drug-likeness (QED) is 0.103. The van der Waals surface area contributed by atoms with Crippen molar-refractivity contribution in [3.63, 3.8) is 0 Å². The standard InChI is InChI=1S/C32H36O7/c1-21(2)30(33)37-16-8-6-10-23-18-25(11-7-9-17-38-31(34)22(3)4)29-26(19-23)20-28(32(35)39-29)24-12-14-27(36-5)15-13-24/h12-15,18-20H,1,3,6-11,16-17H2,2,4-5H3. The Bertz CT molecular complexity index is 1400. The molecule has 7 nitrogen and oxygen atoms in total. The van der Waals surface area contributed by atoms with Gasteiger partial charge in [0.25, 0.3) is 0 Å². The number of unbranched alkanes of at least 4 members (excludes halogenated alkanes) is 2. The molecule has 1 heterocycles. The molecule has 0 unspecified atom stereocenters. The highest BCUT2D eigenvalue weighted by atomic mass is 16.5. The van der Waals surface area contributed by atoms with Crippen molar-refractivity contribution < 1.29 is 28.2 Å². The van der Waals surface area contributed by atoms with Gasteiger partial charge in [0.05, 0.1) is 25.9 Å². The molecule has 0 atom stereocenters. The molecule has 0 aliphatic carbocycles. The van der Waals surface area contributed by atoms with Gasteiger partial charge in [0.15, 0.2) is 0 Å². The first-order valence-electron chi connectivity index (χ1n) is 13.1. The second kappa shape index (κ2) is 14.1. The smallest absolute Gasteiger partial charge is 0.344 e. The van der Waals surface area contributed by atoms with Gasteiger partial charge in [0, 0.05) is 16.5 Å². The highest BCUT2D eigenvalue weighted by molar-refractivity contribution is 5.87. The van der Waals surface area contributed by atoms with E-state index in [1.54, 1.807) is 21.0 Å². The van der Waals surface area contributed by atoms with Crippen LogP contribution >= 0.6 is 0 Å². The van der Waals surface area contributed by atoms with Crippen molar-refractivity contribution in [2.24, 2.45) is 0 Å². The predicted molar refractivity (Wildman–Crippen MR) is 152 cm³/mol. The van der Waals surface area contributed by atoms with Gasteiger partial charge in [-0.2, -0.15) is 0 Å². The van der Waals surface area contributed by atoms with E-state index in [-0.39, 0.29) is 5.97 Å². The van der Waals surface area contributed by atoms with Gasteiger partial charge >= 0.3 is 17.6 Å². The topological polar surface area (TPSA) is 92.0 Å². The lowest BCUT2D eigenvalue weighted by Crippen LogP contribution is -2.07. The number of benzene rings is 2. The third-order valence-electron chi connectivity index (χ3n) is 6.23. The van der Waals surface area contributed by atoms with E-state index in [9.17, 15) is 14.4 Å². The lowest BCUT2D eigenvalue weighted by molar-refractivity contribution is -0.139. The number of methoxy groups -OCH3 is 1. The summed E-state index contributed by atoms with van der Waals surface area (Å²) >= 11 is 0. The molecule has 0 bridgehead atoms. The Morgan fingerprint density at radius 3 is 1.97 bits per heavy atom. The molecule has 2 aromatic carbocycles. The molecule has 0 spiro atoms. The summed E-state index contributed by atoms with van der Waals surface area (Å²) in [6.07, 6.45) is 4.42. The monoisotopic (exact) mass is 532 g/mol. The number of hydrogen-bond acceptors (Lipinski definition) is 7. The van der Waals surface area contributed by atoms with Crippen molar-refractivity contribution in [2.45, 2.75) is 52.4 Å². The largest absolute Gasteiger partial charge is 0.497 e. The van der Waals surface area contributed by atoms with Crippen LogP contribution in [0.2, 0.25) is 0 Å². The minimum atomic E-state index is -0.406. The van der Waals surface area contributed by atoms with Crippen LogP contribution in [0.1, 0.15) is 50.7 Å². The Hall–Kier alpha value is -4.13.